The highest BCUT2D eigenvalue weighted by Gasteiger charge is 2.02. The summed E-state index contributed by atoms with van der Waals surface area (Å²) in [4.78, 5) is 11.5. The van der Waals surface area contributed by atoms with Gasteiger partial charge in [-0.2, -0.15) is 0 Å². The molecule has 0 spiro atoms. The van der Waals surface area contributed by atoms with Crippen LogP contribution in [0, 0.1) is 0 Å². The van der Waals surface area contributed by atoms with Crippen molar-refractivity contribution in [1.82, 2.24) is 5.32 Å². The summed E-state index contributed by atoms with van der Waals surface area (Å²) < 4.78 is 5.52. The summed E-state index contributed by atoms with van der Waals surface area (Å²) in [6, 6.07) is 7.39. The molecule has 0 saturated heterocycles. The van der Waals surface area contributed by atoms with Crippen LogP contribution in [0.4, 0.5) is 5.69 Å². The second-order valence-corrected chi connectivity index (χ2v) is 4.09. The van der Waals surface area contributed by atoms with Crippen LogP contribution in [0.3, 0.4) is 0 Å². The van der Waals surface area contributed by atoms with Gasteiger partial charge in [0.15, 0.2) is 0 Å². The Kier molecular flexibility index (Phi) is 5.49. The third kappa shape index (κ3) is 5.36. The lowest BCUT2D eigenvalue weighted by Gasteiger charge is -2.10. The zero-order valence-corrected chi connectivity index (χ0v) is 10.6. The number of benzene rings is 1. The number of nitrogens with one attached hydrogen (secondary N) is 2. The summed E-state index contributed by atoms with van der Waals surface area (Å²) in [5.41, 5.74) is 0.794. The number of hydrogen-bond donors (Lipinski definition) is 2. The molecule has 0 radical (unpaired) electrons. The van der Waals surface area contributed by atoms with Crippen molar-refractivity contribution in [3.63, 3.8) is 0 Å². The van der Waals surface area contributed by atoms with Crippen LogP contribution in [0.1, 0.15) is 20.3 Å². The van der Waals surface area contributed by atoms with Crippen LogP contribution in [0.25, 0.3) is 0 Å². The van der Waals surface area contributed by atoms with E-state index in [2.05, 4.69) is 10.6 Å². The van der Waals surface area contributed by atoms with Gasteiger partial charge in [0, 0.05) is 18.7 Å². The Bertz CT molecular complexity index is 347. The van der Waals surface area contributed by atoms with Crippen LogP contribution in [-0.2, 0) is 4.79 Å². The molecule has 0 aromatic heterocycles. The van der Waals surface area contributed by atoms with E-state index in [4.69, 9.17) is 4.74 Å². The van der Waals surface area contributed by atoms with E-state index in [-0.39, 0.29) is 12.0 Å². The molecule has 0 fully saturated rings. The minimum absolute atomic E-state index is 0.0110. The van der Waals surface area contributed by atoms with Gasteiger partial charge in [0.05, 0.1) is 6.10 Å². The zero-order chi connectivity index (χ0) is 12.7. The monoisotopic (exact) mass is 236 g/mol. The van der Waals surface area contributed by atoms with Crippen molar-refractivity contribution in [2.75, 3.05) is 18.9 Å². The lowest BCUT2D eigenvalue weighted by molar-refractivity contribution is -0.116. The molecule has 1 aromatic rings. The molecule has 0 heterocycles. The van der Waals surface area contributed by atoms with E-state index in [1.165, 1.54) is 0 Å². The smallest absolute Gasteiger partial charge is 0.225 e. The Morgan fingerprint density at radius 2 is 1.94 bits per heavy atom. The van der Waals surface area contributed by atoms with Gasteiger partial charge >= 0.3 is 0 Å². The third-order valence-electron chi connectivity index (χ3n) is 2.11. The first-order chi connectivity index (χ1) is 8.11. The molecule has 94 valence electrons. The molecule has 4 nitrogen and oxygen atoms in total. The molecule has 1 rings (SSSR count). The highest BCUT2D eigenvalue weighted by Crippen LogP contribution is 2.16. The van der Waals surface area contributed by atoms with E-state index in [1.807, 2.05) is 45.2 Å². The van der Waals surface area contributed by atoms with E-state index in [9.17, 15) is 4.79 Å². The molecule has 1 aromatic carbocycles. The van der Waals surface area contributed by atoms with Crippen molar-refractivity contribution in [1.29, 1.82) is 0 Å². The molecule has 0 aliphatic rings. The number of hydrogen-bond acceptors (Lipinski definition) is 3. The standard InChI is InChI=1S/C13H20N2O2/c1-10(2)17-12-6-4-11(5-7-12)15-13(16)8-9-14-3/h4-7,10,14H,8-9H2,1-3H3,(H,15,16). The van der Waals surface area contributed by atoms with E-state index in [0.29, 0.717) is 13.0 Å². The van der Waals surface area contributed by atoms with E-state index >= 15 is 0 Å². The van der Waals surface area contributed by atoms with Gasteiger partial charge in [-0.3, -0.25) is 4.79 Å². The SMILES string of the molecule is CNCCC(=O)Nc1ccc(OC(C)C)cc1. The lowest BCUT2D eigenvalue weighted by Crippen LogP contribution is -2.18. The summed E-state index contributed by atoms with van der Waals surface area (Å²) >= 11 is 0. The minimum Gasteiger partial charge on any atom is -0.491 e. The van der Waals surface area contributed by atoms with E-state index in [1.54, 1.807) is 0 Å². The van der Waals surface area contributed by atoms with Gasteiger partial charge in [0.1, 0.15) is 5.75 Å². The van der Waals surface area contributed by atoms with Crippen LogP contribution in [0.15, 0.2) is 24.3 Å². The molecule has 1 amide bonds. The predicted octanol–water partition coefficient (Wildman–Crippen LogP) is 2.02. The molecule has 0 aliphatic carbocycles. The maximum absolute atomic E-state index is 11.5. The van der Waals surface area contributed by atoms with Gasteiger partial charge in [0.25, 0.3) is 0 Å². The van der Waals surface area contributed by atoms with Gasteiger partial charge in [-0.25, -0.2) is 0 Å². The number of carbonyl (C=O) groups excluding carboxylic acids is 1. The van der Waals surface area contributed by atoms with Gasteiger partial charge in [-0.15, -0.1) is 0 Å². The van der Waals surface area contributed by atoms with Crippen LogP contribution in [0.5, 0.6) is 5.75 Å². The fraction of sp³-hybridized carbons (Fsp3) is 0.462. The van der Waals surface area contributed by atoms with Gasteiger partial charge in [-0.05, 0) is 45.2 Å². The Labute approximate surface area is 102 Å². The van der Waals surface area contributed by atoms with Crippen LogP contribution in [0.2, 0.25) is 0 Å². The summed E-state index contributed by atoms with van der Waals surface area (Å²) in [5, 5.41) is 5.76. The molecule has 0 saturated carbocycles. The maximum atomic E-state index is 11.5. The van der Waals surface area contributed by atoms with Crippen molar-refractivity contribution >= 4 is 11.6 Å². The average molecular weight is 236 g/mol. The Morgan fingerprint density at radius 1 is 1.29 bits per heavy atom. The first-order valence-electron chi connectivity index (χ1n) is 5.83. The molecule has 4 heteroatoms. The first-order valence-corrected chi connectivity index (χ1v) is 5.83. The lowest BCUT2D eigenvalue weighted by atomic mass is 10.3. The molecule has 17 heavy (non-hydrogen) atoms. The first kappa shape index (κ1) is 13.5. The van der Waals surface area contributed by atoms with Crippen molar-refractivity contribution < 1.29 is 9.53 Å². The number of carbonyl (C=O) groups is 1. The second kappa shape index (κ2) is 6.91. The molecular weight excluding hydrogens is 216 g/mol. The van der Waals surface area contributed by atoms with Crippen LogP contribution >= 0.6 is 0 Å². The predicted molar refractivity (Wildman–Crippen MR) is 69.4 cm³/mol. The fourth-order valence-electron chi connectivity index (χ4n) is 1.35. The van der Waals surface area contributed by atoms with E-state index < -0.39 is 0 Å². The Morgan fingerprint density at radius 3 is 2.47 bits per heavy atom. The topological polar surface area (TPSA) is 50.4 Å². The number of rotatable bonds is 6. The maximum Gasteiger partial charge on any atom is 0.225 e. The molecule has 0 unspecified atom stereocenters. The van der Waals surface area contributed by atoms with Gasteiger partial charge < -0.3 is 15.4 Å². The van der Waals surface area contributed by atoms with Crippen molar-refractivity contribution in [2.24, 2.45) is 0 Å². The van der Waals surface area contributed by atoms with Crippen molar-refractivity contribution in [2.45, 2.75) is 26.4 Å². The van der Waals surface area contributed by atoms with E-state index in [0.717, 1.165) is 11.4 Å². The van der Waals surface area contributed by atoms with Gasteiger partial charge in [0.2, 0.25) is 5.91 Å². The molecule has 0 aliphatic heterocycles. The molecule has 2 N–H and O–H groups in total. The third-order valence-corrected chi connectivity index (χ3v) is 2.11. The Hall–Kier alpha value is -1.55. The molecular formula is C13H20N2O2. The molecule has 0 bridgehead atoms. The number of anilines is 1. The van der Waals surface area contributed by atoms with Crippen molar-refractivity contribution in [3.05, 3.63) is 24.3 Å². The second-order valence-electron chi connectivity index (χ2n) is 4.09. The zero-order valence-electron chi connectivity index (χ0n) is 10.6. The largest absolute Gasteiger partial charge is 0.491 e. The molecule has 0 atom stereocenters. The summed E-state index contributed by atoms with van der Waals surface area (Å²) in [6.07, 6.45) is 0.631. The summed E-state index contributed by atoms with van der Waals surface area (Å²) in [7, 11) is 1.82. The number of amides is 1. The highest BCUT2D eigenvalue weighted by atomic mass is 16.5. The summed E-state index contributed by atoms with van der Waals surface area (Å²) in [6.45, 7) is 4.64. The van der Waals surface area contributed by atoms with Crippen molar-refractivity contribution in [3.8, 4) is 5.75 Å². The minimum atomic E-state index is 0.0110. The van der Waals surface area contributed by atoms with Crippen LogP contribution in [-0.4, -0.2) is 25.6 Å². The van der Waals surface area contributed by atoms with Gasteiger partial charge in [-0.1, -0.05) is 0 Å². The quantitative estimate of drug-likeness (QED) is 0.794. The normalized spacial score (nSPS) is 10.4. The number of ether oxygens (including phenoxy) is 1. The fourth-order valence-corrected chi connectivity index (χ4v) is 1.35. The summed E-state index contributed by atoms with van der Waals surface area (Å²) in [5.74, 6) is 0.824. The van der Waals surface area contributed by atoms with Crippen LogP contribution < -0.4 is 15.4 Å². The highest BCUT2D eigenvalue weighted by molar-refractivity contribution is 5.90. The average Bonchev–Trinajstić information content (AvgIpc) is 2.28. The Balaban J connectivity index is 2.47.